The van der Waals surface area contributed by atoms with Crippen LogP contribution in [0.25, 0.3) is 6.08 Å². The molecule has 5 nitrogen and oxygen atoms in total. The Bertz CT molecular complexity index is 1260. The molecule has 0 fully saturated rings. The summed E-state index contributed by atoms with van der Waals surface area (Å²) in [4.78, 5) is 12.3. The average molecular weight is 492 g/mol. The number of hydrogen-bond donors (Lipinski definition) is 3. The molecule has 176 valence electrons. The molecule has 10 heteroatoms. The first kappa shape index (κ1) is 24.8. The largest absolute Gasteiger partial charge is 0.496 e. The van der Waals surface area contributed by atoms with Crippen molar-refractivity contribution in [3.63, 3.8) is 0 Å². The van der Waals surface area contributed by atoms with Crippen LogP contribution in [0, 0.1) is 11.2 Å². The van der Waals surface area contributed by atoms with E-state index < -0.39 is 23.5 Å². The number of rotatable bonds is 6. The predicted octanol–water partition coefficient (Wildman–Crippen LogP) is 6.60. The standard InChI is InChI=1S/C24H18ClF4N3O2/c1-34-21-8-7-16(26)12-19(21)23(30)32-18-11-15(25)10-17(13-18)31-22(33)9-6-14-4-2-3-5-20(14)24(27,28)29/h2-13H,1H3,(H2,30,32)(H,31,33)/b9-6+. The smallest absolute Gasteiger partial charge is 0.416 e. The van der Waals surface area contributed by atoms with Crippen LogP contribution < -0.4 is 15.4 Å². The highest BCUT2D eigenvalue weighted by atomic mass is 35.5. The third-order valence-corrected chi connectivity index (χ3v) is 4.76. The maximum absolute atomic E-state index is 13.6. The highest BCUT2D eigenvalue weighted by Crippen LogP contribution is 2.32. The number of amides is 1. The fourth-order valence-electron chi connectivity index (χ4n) is 3.07. The summed E-state index contributed by atoms with van der Waals surface area (Å²) in [6.45, 7) is 0. The Hall–Kier alpha value is -3.85. The molecular formula is C24H18ClF4N3O2. The lowest BCUT2D eigenvalue weighted by molar-refractivity contribution is -0.137. The molecule has 0 atom stereocenters. The number of halogens is 5. The van der Waals surface area contributed by atoms with E-state index in [-0.39, 0.29) is 33.4 Å². The topological polar surface area (TPSA) is 74.2 Å². The van der Waals surface area contributed by atoms with Gasteiger partial charge in [-0.2, -0.15) is 13.2 Å². The summed E-state index contributed by atoms with van der Waals surface area (Å²) in [5.41, 5.74) is -0.312. The molecule has 0 saturated carbocycles. The van der Waals surface area contributed by atoms with Gasteiger partial charge in [0.25, 0.3) is 0 Å². The van der Waals surface area contributed by atoms with Gasteiger partial charge in [0, 0.05) is 22.5 Å². The third kappa shape index (κ3) is 6.35. The Balaban J connectivity index is 1.76. The molecule has 0 radical (unpaired) electrons. The van der Waals surface area contributed by atoms with E-state index in [9.17, 15) is 22.4 Å². The second kappa shape index (κ2) is 10.4. The summed E-state index contributed by atoms with van der Waals surface area (Å²) in [6.07, 6.45) is -2.52. The fourth-order valence-corrected chi connectivity index (χ4v) is 3.31. The number of benzene rings is 3. The SMILES string of the molecule is COc1ccc(F)cc1C(=N)Nc1cc(Cl)cc(NC(=O)/C=C/c2ccccc2C(F)(F)F)c1. The molecule has 1 amide bonds. The minimum Gasteiger partial charge on any atom is -0.496 e. The Morgan fingerprint density at radius 3 is 2.38 bits per heavy atom. The van der Waals surface area contributed by atoms with Gasteiger partial charge in [0.15, 0.2) is 0 Å². The van der Waals surface area contributed by atoms with Crippen molar-refractivity contribution in [2.24, 2.45) is 0 Å². The molecule has 0 aliphatic rings. The van der Waals surface area contributed by atoms with Gasteiger partial charge in [0.1, 0.15) is 17.4 Å². The maximum Gasteiger partial charge on any atom is 0.416 e. The molecule has 3 aromatic rings. The van der Waals surface area contributed by atoms with Gasteiger partial charge in [-0.05, 0) is 54.1 Å². The third-order valence-electron chi connectivity index (χ3n) is 4.55. The predicted molar refractivity (Wildman–Crippen MR) is 124 cm³/mol. The number of alkyl halides is 3. The zero-order valence-corrected chi connectivity index (χ0v) is 18.4. The Labute approximate surface area is 197 Å². The van der Waals surface area contributed by atoms with Crippen LogP contribution in [0.5, 0.6) is 5.75 Å². The van der Waals surface area contributed by atoms with E-state index in [1.165, 1.54) is 55.6 Å². The average Bonchev–Trinajstić information content (AvgIpc) is 2.76. The molecule has 0 spiro atoms. The van der Waals surface area contributed by atoms with Crippen molar-refractivity contribution >= 4 is 40.8 Å². The minimum absolute atomic E-state index is 0.156. The highest BCUT2D eigenvalue weighted by Gasteiger charge is 2.32. The monoisotopic (exact) mass is 491 g/mol. The summed E-state index contributed by atoms with van der Waals surface area (Å²) in [5, 5.41) is 13.7. The van der Waals surface area contributed by atoms with E-state index in [0.717, 1.165) is 24.3 Å². The molecule has 3 aromatic carbocycles. The fraction of sp³-hybridized carbons (Fsp3) is 0.0833. The van der Waals surface area contributed by atoms with E-state index >= 15 is 0 Å². The van der Waals surface area contributed by atoms with Crippen LogP contribution in [-0.4, -0.2) is 18.9 Å². The Morgan fingerprint density at radius 1 is 1.03 bits per heavy atom. The summed E-state index contributed by atoms with van der Waals surface area (Å²) in [6, 6.07) is 12.9. The lowest BCUT2D eigenvalue weighted by atomic mass is 10.1. The normalized spacial score (nSPS) is 11.4. The molecule has 0 aliphatic carbocycles. The van der Waals surface area contributed by atoms with Gasteiger partial charge in [0.05, 0.1) is 18.2 Å². The van der Waals surface area contributed by atoms with Crippen LogP contribution in [0.15, 0.2) is 66.7 Å². The van der Waals surface area contributed by atoms with Gasteiger partial charge in [-0.1, -0.05) is 29.8 Å². The van der Waals surface area contributed by atoms with Crippen molar-refractivity contribution in [1.29, 1.82) is 5.41 Å². The Morgan fingerprint density at radius 2 is 1.71 bits per heavy atom. The number of amidine groups is 1. The molecular weight excluding hydrogens is 474 g/mol. The van der Waals surface area contributed by atoms with Gasteiger partial charge in [0.2, 0.25) is 5.91 Å². The number of carbonyl (C=O) groups is 1. The maximum atomic E-state index is 13.6. The van der Waals surface area contributed by atoms with E-state index in [1.807, 2.05) is 0 Å². The second-order valence-electron chi connectivity index (χ2n) is 6.98. The summed E-state index contributed by atoms with van der Waals surface area (Å²) < 4.78 is 58.1. The molecule has 0 bridgehead atoms. The van der Waals surface area contributed by atoms with Crippen LogP contribution in [0.3, 0.4) is 0 Å². The van der Waals surface area contributed by atoms with Crippen molar-refractivity contribution in [2.75, 3.05) is 17.7 Å². The number of nitrogens with one attached hydrogen (secondary N) is 3. The molecule has 0 heterocycles. The van der Waals surface area contributed by atoms with E-state index in [0.29, 0.717) is 5.69 Å². The van der Waals surface area contributed by atoms with Crippen molar-refractivity contribution < 1.29 is 27.1 Å². The first-order valence-corrected chi connectivity index (χ1v) is 10.1. The van der Waals surface area contributed by atoms with Gasteiger partial charge in [-0.25, -0.2) is 4.39 Å². The lowest BCUT2D eigenvalue weighted by Gasteiger charge is -2.13. The summed E-state index contributed by atoms with van der Waals surface area (Å²) >= 11 is 6.10. The number of ether oxygens (including phenoxy) is 1. The second-order valence-corrected chi connectivity index (χ2v) is 7.42. The summed E-state index contributed by atoms with van der Waals surface area (Å²) in [5.74, 6) is -1.15. The quantitative estimate of drug-likeness (QED) is 0.157. The van der Waals surface area contributed by atoms with Crippen molar-refractivity contribution in [3.8, 4) is 5.75 Å². The first-order chi connectivity index (χ1) is 16.1. The van der Waals surface area contributed by atoms with Crippen LogP contribution in [0.2, 0.25) is 5.02 Å². The number of hydrogen-bond acceptors (Lipinski definition) is 3. The molecule has 34 heavy (non-hydrogen) atoms. The van der Waals surface area contributed by atoms with Gasteiger partial charge in [-0.15, -0.1) is 0 Å². The highest BCUT2D eigenvalue weighted by molar-refractivity contribution is 6.31. The molecule has 0 aliphatic heterocycles. The van der Waals surface area contributed by atoms with Crippen LogP contribution in [0.4, 0.5) is 28.9 Å². The van der Waals surface area contributed by atoms with Gasteiger partial charge < -0.3 is 15.4 Å². The van der Waals surface area contributed by atoms with Crippen LogP contribution >= 0.6 is 11.6 Å². The Kier molecular flexibility index (Phi) is 7.57. The van der Waals surface area contributed by atoms with E-state index in [1.54, 1.807) is 0 Å². The molecule has 0 aromatic heterocycles. The van der Waals surface area contributed by atoms with Gasteiger partial charge in [-0.3, -0.25) is 10.2 Å². The zero-order valence-electron chi connectivity index (χ0n) is 17.6. The van der Waals surface area contributed by atoms with E-state index in [4.69, 9.17) is 21.7 Å². The summed E-state index contributed by atoms with van der Waals surface area (Å²) in [7, 11) is 1.39. The van der Waals surface area contributed by atoms with Crippen molar-refractivity contribution in [2.45, 2.75) is 6.18 Å². The first-order valence-electron chi connectivity index (χ1n) is 9.72. The van der Waals surface area contributed by atoms with Crippen LogP contribution in [-0.2, 0) is 11.0 Å². The van der Waals surface area contributed by atoms with E-state index in [2.05, 4.69) is 10.6 Å². The molecule has 0 saturated heterocycles. The van der Waals surface area contributed by atoms with Crippen molar-refractivity contribution in [3.05, 3.63) is 94.3 Å². The lowest BCUT2D eigenvalue weighted by Crippen LogP contribution is -2.14. The molecule has 3 rings (SSSR count). The van der Waals surface area contributed by atoms with Gasteiger partial charge >= 0.3 is 6.18 Å². The molecule has 0 unspecified atom stereocenters. The number of anilines is 2. The van der Waals surface area contributed by atoms with Crippen molar-refractivity contribution in [1.82, 2.24) is 0 Å². The minimum atomic E-state index is -4.56. The zero-order chi connectivity index (χ0) is 24.9. The number of carbonyl (C=O) groups excluding carboxylic acids is 1. The molecule has 3 N–H and O–H groups in total. The number of methoxy groups -OCH3 is 1. The van der Waals surface area contributed by atoms with Crippen LogP contribution in [0.1, 0.15) is 16.7 Å².